The fourth-order valence-corrected chi connectivity index (χ4v) is 2.38. The number of carbonyl (C=O) groups excluding carboxylic acids is 2. The molecule has 1 saturated heterocycles. The summed E-state index contributed by atoms with van der Waals surface area (Å²) >= 11 is 0. The number of hydrogen-bond donors (Lipinski definition) is 2. The molecule has 0 spiro atoms. The number of nitrogens with zero attached hydrogens (tertiary/aromatic N) is 2. The van der Waals surface area contributed by atoms with Gasteiger partial charge in [-0.1, -0.05) is 0 Å². The first-order valence-electron chi connectivity index (χ1n) is 7.67. The molecule has 120 valence electrons. The van der Waals surface area contributed by atoms with Gasteiger partial charge < -0.3 is 15.5 Å². The summed E-state index contributed by atoms with van der Waals surface area (Å²) in [5, 5.41) is 5.38. The van der Waals surface area contributed by atoms with Crippen molar-refractivity contribution in [3.63, 3.8) is 0 Å². The Balaban J connectivity index is 1.86. The van der Waals surface area contributed by atoms with E-state index >= 15 is 0 Å². The van der Waals surface area contributed by atoms with E-state index in [4.69, 9.17) is 0 Å². The van der Waals surface area contributed by atoms with E-state index < -0.39 is 0 Å². The Hall–Kier alpha value is -1.92. The number of piperazine rings is 1. The zero-order valence-corrected chi connectivity index (χ0v) is 13.3. The van der Waals surface area contributed by atoms with Crippen LogP contribution in [-0.4, -0.2) is 67.9 Å². The summed E-state index contributed by atoms with van der Waals surface area (Å²) in [7, 11) is 2.10. The molecule has 0 atom stereocenters. The lowest BCUT2D eigenvalue weighted by Gasteiger charge is -2.31. The standard InChI is InChI=1S/C16H24N4O2/c1-3-17-16(22)18-14-6-4-13(5-7-14)15(21)12-20-10-8-19(2)9-11-20/h4-7H,3,8-12H2,1-2H3,(H2,17,18,22). The number of amides is 2. The second-order valence-electron chi connectivity index (χ2n) is 5.56. The zero-order valence-electron chi connectivity index (χ0n) is 13.3. The fraction of sp³-hybridized carbons (Fsp3) is 0.500. The van der Waals surface area contributed by atoms with E-state index in [0.29, 0.717) is 24.3 Å². The minimum Gasteiger partial charge on any atom is -0.338 e. The van der Waals surface area contributed by atoms with Crippen molar-refractivity contribution in [2.24, 2.45) is 0 Å². The molecule has 0 unspecified atom stereocenters. The van der Waals surface area contributed by atoms with E-state index in [1.54, 1.807) is 24.3 Å². The summed E-state index contributed by atoms with van der Waals surface area (Å²) < 4.78 is 0. The van der Waals surface area contributed by atoms with Crippen molar-refractivity contribution in [2.75, 3.05) is 51.6 Å². The van der Waals surface area contributed by atoms with Gasteiger partial charge >= 0.3 is 6.03 Å². The van der Waals surface area contributed by atoms with Crippen LogP contribution in [0.5, 0.6) is 0 Å². The van der Waals surface area contributed by atoms with Crippen molar-refractivity contribution in [1.29, 1.82) is 0 Å². The highest BCUT2D eigenvalue weighted by Gasteiger charge is 2.17. The molecule has 2 N–H and O–H groups in total. The monoisotopic (exact) mass is 304 g/mol. The van der Waals surface area contributed by atoms with Crippen LogP contribution in [0.1, 0.15) is 17.3 Å². The van der Waals surface area contributed by atoms with Gasteiger partial charge in [0, 0.05) is 44.0 Å². The molecule has 0 saturated carbocycles. The third-order valence-corrected chi connectivity index (χ3v) is 3.77. The Bertz CT molecular complexity index is 507. The number of hydrogen-bond acceptors (Lipinski definition) is 4. The van der Waals surface area contributed by atoms with Crippen LogP contribution in [0.4, 0.5) is 10.5 Å². The average Bonchev–Trinajstić information content (AvgIpc) is 2.50. The number of likely N-dealkylation sites (N-methyl/N-ethyl adjacent to an activating group) is 1. The zero-order chi connectivity index (χ0) is 15.9. The van der Waals surface area contributed by atoms with Crippen LogP contribution < -0.4 is 10.6 Å². The lowest BCUT2D eigenvalue weighted by molar-refractivity contribution is 0.0876. The van der Waals surface area contributed by atoms with Gasteiger partial charge in [-0.3, -0.25) is 9.69 Å². The van der Waals surface area contributed by atoms with Gasteiger partial charge in [0.15, 0.2) is 5.78 Å². The molecule has 1 heterocycles. The largest absolute Gasteiger partial charge is 0.338 e. The molecule has 0 radical (unpaired) electrons. The van der Waals surface area contributed by atoms with Crippen molar-refractivity contribution < 1.29 is 9.59 Å². The van der Waals surface area contributed by atoms with Gasteiger partial charge in [0.1, 0.15) is 0 Å². The molecule has 1 aromatic rings. The van der Waals surface area contributed by atoms with E-state index in [-0.39, 0.29) is 11.8 Å². The molecule has 0 bridgehead atoms. The molecule has 1 aromatic carbocycles. The number of urea groups is 1. The summed E-state index contributed by atoms with van der Waals surface area (Å²) in [4.78, 5) is 28.1. The van der Waals surface area contributed by atoms with Crippen LogP contribution in [0.15, 0.2) is 24.3 Å². The average molecular weight is 304 g/mol. The van der Waals surface area contributed by atoms with Crippen LogP contribution in [0.25, 0.3) is 0 Å². The molecule has 22 heavy (non-hydrogen) atoms. The van der Waals surface area contributed by atoms with E-state index in [9.17, 15) is 9.59 Å². The summed E-state index contributed by atoms with van der Waals surface area (Å²) in [5.74, 6) is 0.120. The topological polar surface area (TPSA) is 64.7 Å². The minimum atomic E-state index is -0.237. The molecule has 1 aliphatic rings. The highest BCUT2D eigenvalue weighted by atomic mass is 16.2. The second-order valence-corrected chi connectivity index (χ2v) is 5.56. The SMILES string of the molecule is CCNC(=O)Nc1ccc(C(=O)CN2CCN(C)CC2)cc1. The summed E-state index contributed by atoms with van der Waals surface area (Å²) in [6.45, 7) is 6.76. The number of benzene rings is 1. The molecule has 0 aliphatic carbocycles. The Morgan fingerprint density at radius 2 is 1.73 bits per heavy atom. The number of Topliss-reactive ketones (excluding diaryl/α,β-unsaturated/α-hetero) is 1. The predicted molar refractivity (Wildman–Crippen MR) is 87.4 cm³/mol. The minimum absolute atomic E-state index is 0.120. The maximum Gasteiger partial charge on any atom is 0.319 e. The Kier molecular flexibility index (Phi) is 5.91. The quantitative estimate of drug-likeness (QED) is 0.804. The third-order valence-electron chi connectivity index (χ3n) is 3.77. The van der Waals surface area contributed by atoms with Gasteiger partial charge in [-0.15, -0.1) is 0 Å². The molecule has 6 heteroatoms. The van der Waals surface area contributed by atoms with Gasteiger partial charge in [-0.25, -0.2) is 4.79 Å². The summed E-state index contributed by atoms with van der Waals surface area (Å²) in [6, 6.07) is 6.80. The maximum absolute atomic E-state index is 12.3. The molecular weight excluding hydrogens is 280 g/mol. The van der Waals surface area contributed by atoms with Crippen molar-refractivity contribution in [3.8, 4) is 0 Å². The van der Waals surface area contributed by atoms with Crippen molar-refractivity contribution in [1.82, 2.24) is 15.1 Å². The predicted octanol–water partition coefficient (Wildman–Crippen LogP) is 1.26. The van der Waals surface area contributed by atoms with Crippen LogP contribution in [0.3, 0.4) is 0 Å². The van der Waals surface area contributed by atoms with E-state index in [1.807, 2.05) is 6.92 Å². The number of carbonyl (C=O) groups is 2. The first-order valence-corrected chi connectivity index (χ1v) is 7.67. The highest BCUT2D eigenvalue weighted by Crippen LogP contribution is 2.11. The normalized spacial score (nSPS) is 16.3. The second kappa shape index (κ2) is 7.91. The Labute approximate surface area is 131 Å². The fourth-order valence-electron chi connectivity index (χ4n) is 2.38. The lowest BCUT2D eigenvalue weighted by atomic mass is 10.1. The number of anilines is 1. The maximum atomic E-state index is 12.3. The molecule has 6 nitrogen and oxygen atoms in total. The van der Waals surface area contributed by atoms with E-state index in [0.717, 1.165) is 26.2 Å². The number of rotatable bonds is 5. The number of ketones is 1. The van der Waals surface area contributed by atoms with Crippen molar-refractivity contribution >= 4 is 17.5 Å². The molecule has 2 amide bonds. The van der Waals surface area contributed by atoms with Crippen molar-refractivity contribution in [3.05, 3.63) is 29.8 Å². The van der Waals surface area contributed by atoms with Crippen LogP contribution in [-0.2, 0) is 0 Å². The van der Waals surface area contributed by atoms with Gasteiger partial charge in [-0.05, 0) is 38.2 Å². The number of nitrogens with one attached hydrogen (secondary N) is 2. The van der Waals surface area contributed by atoms with Crippen molar-refractivity contribution in [2.45, 2.75) is 6.92 Å². The third kappa shape index (κ3) is 4.82. The molecule has 1 aliphatic heterocycles. The van der Waals surface area contributed by atoms with Crippen LogP contribution in [0, 0.1) is 0 Å². The molecule has 1 fully saturated rings. The molecule has 2 rings (SSSR count). The molecular formula is C16H24N4O2. The van der Waals surface area contributed by atoms with Gasteiger partial charge in [-0.2, -0.15) is 0 Å². The summed E-state index contributed by atoms with van der Waals surface area (Å²) in [5.41, 5.74) is 1.36. The smallest absolute Gasteiger partial charge is 0.319 e. The first kappa shape index (κ1) is 16.5. The Morgan fingerprint density at radius 3 is 2.32 bits per heavy atom. The molecule has 0 aromatic heterocycles. The van der Waals surface area contributed by atoms with E-state index in [1.165, 1.54) is 0 Å². The lowest BCUT2D eigenvalue weighted by Crippen LogP contribution is -2.46. The summed E-state index contributed by atoms with van der Waals surface area (Å²) in [6.07, 6.45) is 0. The van der Waals surface area contributed by atoms with Crippen LogP contribution in [0.2, 0.25) is 0 Å². The van der Waals surface area contributed by atoms with Gasteiger partial charge in [0.25, 0.3) is 0 Å². The Morgan fingerprint density at radius 1 is 1.09 bits per heavy atom. The van der Waals surface area contributed by atoms with Crippen LogP contribution >= 0.6 is 0 Å². The first-order chi connectivity index (χ1) is 10.6. The van der Waals surface area contributed by atoms with Gasteiger partial charge in [0.05, 0.1) is 6.54 Å². The van der Waals surface area contributed by atoms with Gasteiger partial charge in [0.2, 0.25) is 0 Å². The van der Waals surface area contributed by atoms with E-state index in [2.05, 4.69) is 27.5 Å². The highest BCUT2D eigenvalue weighted by molar-refractivity contribution is 5.98.